The number of piperazine rings is 2. The number of carbonyl (C=O) groups excluding carboxylic acids is 4. The number of nitrogens with zero attached hydrogens (tertiary/aromatic N) is 8. The van der Waals surface area contributed by atoms with E-state index in [1.165, 1.54) is 11.1 Å². The number of unbranched alkanes of at least 4 members (excludes halogenated alkanes) is 2. The Balaban J connectivity index is 0.000000191. The molecular formula is C50H60N8O6. The molecule has 2 aromatic heterocycles. The average molecular weight is 869 g/mol. The van der Waals surface area contributed by atoms with Crippen molar-refractivity contribution in [1.29, 1.82) is 0 Å². The Morgan fingerprint density at radius 2 is 0.938 bits per heavy atom. The molecule has 4 aromatic carbocycles. The molecule has 2 aliphatic rings. The van der Waals surface area contributed by atoms with Gasteiger partial charge in [-0.15, -0.1) is 0 Å². The predicted octanol–water partition coefficient (Wildman–Crippen LogP) is 7.53. The van der Waals surface area contributed by atoms with Gasteiger partial charge in [0, 0.05) is 90.4 Å². The summed E-state index contributed by atoms with van der Waals surface area (Å²) >= 11 is 0. The smallest absolute Gasteiger partial charge is 0.304 e. The molecule has 2 saturated heterocycles. The molecular weight excluding hydrogens is 809 g/mol. The second-order valence-electron chi connectivity index (χ2n) is 16.4. The van der Waals surface area contributed by atoms with Crippen LogP contribution in [0, 0.1) is 0 Å². The van der Waals surface area contributed by atoms with Crippen LogP contribution in [0.15, 0.2) is 97.1 Å². The van der Waals surface area contributed by atoms with E-state index in [2.05, 4.69) is 44.0 Å². The number of imidazole rings is 2. The number of hydrogen-bond acceptors (Lipinski definition) is 10. The van der Waals surface area contributed by atoms with Gasteiger partial charge in [-0.05, 0) is 86.1 Å². The van der Waals surface area contributed by atoms with Crippen LogP contribution in [0.2, 0.25) is 0 Å². The Morgan fingerprint density at radius 3 is 1.41 bits per heavy atom. The lowest BCUT2D eigenvalue weighted by Crippen LogP contribution is -2.48. The molecule has 6 aromatic rings. The normalized spacial score (nSPS) is 14.1. The Labute approximate surface area is 375 Å². The zero-order valence-electron chi connectivity index (χ0n) is 37.6. The molecule has 0 spiro atoms. The molecule has 14 nitrogen and oxygen atoms in total. The van der Waals surface area contributed by atoms with Crippen LogP contribution in [0.25, 0.3) is 22.1 Å². The van der Waals surface area contributed by atoms with E-state index < -0.39 is 0 Å². The number of anilines is 2. The third-order valence-corrected chi connectivity index (χ3v) is 12.2. The lowest BCUT2D eigenvalue weighted by Gasteiger charge is -2.35. The van der Waals surface area contributed by atoms with Crippen molar-refractivity contribution in [2.24, 2.45) is 0 Å². The fraction of sp³-hybridized carbons (Fsp3) is 0.400. The Bertz CT molecular complexity index is 2520. The first-order chi connectivity index (χ1) is 31.1. The van der Waals surface area contributed by atoms with Crippen molar-refractivity contribution in [3.8, 4) is 12.0 Å². The van der Waals surface area contributed by atoms with Gasteiger partial charge in [0.1, 0.15) is 0 Å². The molecule has 64 heavy (non-hydrogen) atoms. The van der Waals surface area contributed by atoms with Gasteiger partial charge in [0.2, 0.25) is 23.6 Å². The lowest BCUT2D eigenvalue weighted by molar-refractivity contribution is -0.129. The number of fused-ring (bicyclic) bond motifs is 2. The molecule has 0 unspecified atom stereocenters. The summed E-state index contributed by atoms with van der Waals surface area (Å²) < 4.78 is 14.0. The second kappa shape index (κ2) is 21.6. The monoisotopic (exact) mass is 868 g/mol. The van der Waals surface area contributed by atoms with Crippen LogP contribution in [-0.2, 0) is 22.4 Å². The highest BCUT2D eigenvalue weighted by atomic mass is 16.5. The van der Waals surface area contributed by atoms with Crippen LogP contribution in [0.3, 0.4) is 0 Å². The summed E-state index contributed by atoms with van der Waals surface area (Å²) in [5, 5.41) is 0. The minimum atomic E-state index is -0.00374. The van der Waals surface area contributed by atoms with E-state index in [0.717, 1.165) is 98.1 Å². The number of rotatable bonds is 14. The number of aromatic nitrogens is 4. The highest BCUT2D eigenvalue weighted by Gasteiger charge is 2.24. The molecule has 8 rings (SSSR count). The highest BCUT2D eigenvalue weighted by Crippen LogP contribution is 2.29. The summed E-state index contributed by atoms with van der Waals surface area (Å²) in [6, 6.07) is 33.2. The molecule has 0 aliphatic carbocycles. The maximum atomic E-state index is 13.1. The fourth-order valence-corrected chi connectivity index (χ4v) is 8.52. The van der Waals surface area contributed by atoms with Gasteiger partial charge in [0.25, 0.3) is 0 Å². The van der Waals surface area contributed by atoms with E-state index in [1.54, 1.807) is 37.2 Å². The number of benzene rings is 4. The van der Waals surface area contributed by atoms with E-state index in [9.17, 15) is 19.2 Å². The van der Waals surface area contributed by atoms with Gasteiger partial charge >= 0.3 is 12.0 Å². The Hall–Kier alpha value is -6.70. The van der Waals surface area contributed by atoms with Crippen LogP contribution in [0.4, 0.5) is 11.4 Å². The quantitative estimate of drug-likeness (QED) is 0.101. The molecule has 2 fully saturated rings. The van der Waals surface area contributed by atoms with E-state index >= 15 is 0 Å². The zero-order valence-corrected chi connectivity index (χ0v) is 37.6. The van der Waals surface area contributed by atoms with E-state index in [0.29, 0.717) is 51.0 Å². The highest BCUT2D eigenvalue weighted by molar-refractivity contribution is 5.94. The number of methoxy groups -OCH3 is 2. The van der Waals surface area contributed by atoms with Gasteiger partial charge in [-0.2, -0.15) is 9.97 Å². The maximum Gasteiger partial charge on any atom is 0.304 e. The third kappa shape index (κ3) is 11.1. The van der Waals surface area contributed by atoms with Crippen LogP contribution in [0.1, 0.15) is 73.1 Å². The summed E-state index contributed by atoms with van der Waals surface area (Å²) in [6.07, 6.45) is 6.36. The van der Waals surface area contributed by atoms with Crippen LogP contribution >= 0.6 is 0 Å². The molecule has 0 radical (unpaired) electrons. The van der Waals surface area contributed by atoms with Crippen LogP contribution in [-0.4, -0.2) is 119 Å². The lowest BCUT2D eigenvalue weighted by atomic mass is 10.1. The summed E-state index contributed by atoms with van der Waals surface area (Å²) in [6.45, 7) is 9.16. The van der Waals surface area contributed by atoms with Crippen molar-refractivity contribution >= 4 is 57.1 Å². The molecule has 0 saturated carbocycles. The van der Waals surface area contributed by atoms with E-state index in [4.69, 9.17) is 9.47 Å². The molecule has 0 bridgehead atoms. The minimum Gasteiger partial charge on any atom is -0.468 e. The van der Waals surface area contributed by atoms with E-state index in [-0.39, 0.29) is 23.6 Å². The van der Waals surface area contributed by atoms with Crippen LogP contribution < -0.4 is 19.3 Å². The predicted molar refractivity (Wildman–Crippen MR) is 251 cm³/mol. The SMILES string of the molecule is COc1nc2cc(N3CCN(C(C)=O)CC3)ccc2n1C(=O)CCCCc1ccccc1.COc1nc2ccc(N3CCN(C(C)=O)CC3)cc2n1C(=O)CCCCc1ccccc1. The average Bonchev–Trinajstić information content (AvgIpc) is 3.90. The van der Waals surface area contributed by atoms with Crippen molar-refractivity contribution in [3.05, 3.63) is 108 Å². The number of aryl methyl sites for hydroxylation is 2. The molecule has 14 heteroatoms. The third-order valence-electron chi connectivity index (χ3n) is 12.2. The standard InChI is InChI=1S/2C25H30N4O3/c1-19(30)27-14-16-28(17-15-27)21-12-13-23-22(18-21)26-25(32-2)29(23)24(31)11-7-6-10-20-8-4-3-5-9-20;1-19(30)27-14-16-28(17-15-27)21-12-13-22-23(18-21)29(25(26-22)32-2)24(31)11-7-6-10-20-8-4-3-5-9-20/h2*3-5,8-9,12-13,18H,6-7,10-11,14-17H2,1-2H3. The zero-order chi connectivity index (χ0) is 45.0. The summed E-state index contributed by atoms with van der Waals surface area (Å²) in [4.78, 5) is 66.5. The minimum absolute atomic E-state index is 0.000217. The summed E-state index contributed by atoms with van der Waals surface area (Å²) in [7, 11) is 3.09. The Morgan fingerprint density at radius 1 is 0.500 bits per heavy atom. The molecule has 0 N–H and O–H groups in total. The maximum absolute atomic E-state index is 13.1. The summed E-state index contributed by atoms with van der Waals surface area (Å²) in [5.41, 5.74) is 7.67. The van der Waals surface area contributed by atoms with Gasteiger partial charge in [-0.1, -0.05) is 60.7 Å². The Kier molecular flexibility index (Phi) is 15.3. The number of ether oxygens (including phenoxy) is 2. The number of amides is 2. The molecule has 2 aliphatic heterocycles. The van der Waals surface area contributed by atoms with Gasteiger partial charge in [0.05, 0.1) is 36.3 Å². The largest absolute Gasteiger partial charge is 0.468 e. The number of hydrogen-bond donors (Lipinski definition) is 0. The second-order valence-corrected chi connectivity index (χ2v) is 16.4. The first-order valence-electron chi connectivity index (χ1n) is 22.4. The van der Waals surface area contributed by atoms with Gasteiger partial charge in [-0.25, -0.2) is 9.13 Å². The van der Waals surface area contributed by atoms with Crippen molar-refractivity contribution < 1.29 is 28.7 Å². The van der Waals surface area contributed by atoms with Crippen molar-refractivity contribution in [2.45, 2.75) is 65.2 Å². The fourth-order valence-electron chi connectivity index (χ4n) is 8.52. The molecule has 336 valence electrons. The topological polar surface area (TPSA) is 135 Å². The first kappa shape index (κ1) is 45.3. The van der Waals surface area contributed by atoms with Crippen molar-refractivity contribution in [1.82, 2.24) is 28.9 Å². The summed E-state index contributed by atoms with van der Waals surface area (Å²) in [5.74, 6) is 0.225. The van der Waals surface area contributed by atoms with Crippen LogP contribution in [0.5, 0.6) is 12.0 Å². The van der Waals surface area contributed by atoms with Crippen molar-refractivity contribution in [3.63, 3.8) is 0 Å². The molecule has 4 heterocycles. The number of carbonyl (C=O) groups is 4. The molecule has 0 atom stereocenters. The van der Waals surface area contributed by atoms with E-state index in [1.807, 2.05) is 82.6 Å². The van der Waals surface area contributed by atoms with Gasteiger partial charge < -0.3 is 29.1 Å². The van der Waals surface area contributed by atoms with Crippen molar-refractivity contribution in [2.75, 3.05) is 76.4 Å². The van der Waals surface area contributed by atoms with Gasteiger partial charge in [-0.3, -0.25) is 19.2 Å². The molecule has 2 amide bonds. The first-order valence-corrected chi connectivity index (χ1v) is 22.4. The van der Waals surface area contributed by atoms with Gasteiger partial charge in [0.15, 0.2) is 0 Å².